The van der Waals surface area contributed by atoms with Crippen LogP contribution in [0.3, 0.4) is 0 Å². The molecule has 0 saturated carbocycles. The van der Waals surface area contributed by atoms with Gasteiger partial charge in [0.05, 0.1) is 5.56 Å². The molecule has 30 heavy (non-hydrogen) atoms. The second kappa shape index (κ2) is 6.40. The average molecular weight is 518 g/mol. The van der Waals surface area contributed by atoms with Crippen LogP contribution in [0.25, 0.3) is 22.3 Å². The van der Waals surface area contributed by atoms with Crippen molar-refractivity contribution in [3.8, 4) is 22.3 Å². The van der Waals surface area contributed by atoms with Gasteiger partial charge in [0.2, 0.25) is 0 Å². The number of esters is 1. The molecule has 4 heteroatoms. The number of hydrogen-bond acceptors (Lipinski definition) is 2. The molecule has 0 aromatic heterocycles. The molecule has 1 aliphatic carbocycles. The zero-order valence-electron chi connectivity index (χ0n) is 15.7. The van der Waals surface area contributed by atoms with Gasteiger partial charge in [-0.1, -0.05) is 92.5 Å². The lowest BCUT2D eigenvalue weighted by atomic mass is 9.80. The third-order valence-electron chi connectivity index (χ3n) is 6.00. The molecule has 0 unspecified atom stereocenters. The van der Waals surface area contributed by atoms with Crippen LogP contribution in [0.5, 0.6) is 0 Å². The lowest BCUT2D eigenvalue weighted by Crippen LogP contribution is -2.32. The lowest BCUT2D eigenvalue weighted by molar-refractivity contribution is 0.0166. The molecule has 144 valence electrons. The van der Waals surface area contributed by atoms with Gasteiger partial charge in [0.1, 0.15) is 0 Å². The molecule has 0 N–H and O–H groups in total. The molecule has 0 fully saturated rings. The monoisotopic (exact) mass is 516 g/mol. The maximum Gasteiger partial charge on any atom is 0.340 e. The van der Waals surface area contributed by atoms with Crippen LogP contribution < -0.4 is 0 Å². The summed E-state index contributed by atoms with van der Waals surface area (Å²) < 4.78 is 8.29. The molecule has 0 saturated heterocycles. The molecule has 6 rings (SSSR count). The van der Waals surface area contributed by atoms with Crippen LogP contribution in [-0.2, 0) is 10.3 Å². The third kappa shape index (κ3) is 2.32. The van der Waals surface area contributed by atoms with Crippen molar-refractivity contribution < 1.29 is 9.53 Å². The molecule has 1 heterocycles. The number of rotatable bonds is 0. The molecule has 4 aromatic rings. The summed E-state index contributed by atoms with van der Waals surface area (Å²) >= 11 is 7.15. The molecule has 1 aliphatic heterocycles. The second-order valence-corrected chi connectivity index (χ2v) is 9.37. The molecule has 1 spiro atoms. The summed E-state index contributed by atoms with van der Waals surface area (Å²) in [6, 6.07) is 28.4. The van der Waals surface area contributed by atoms with Crippen molar-refractivity contribution in [2.24, 2.45) is 0 Å². The van der Waals surface area contributed by atoms with E-state index in [0.717, 1.165) is 47.9 Å². The predicted molar refractivity (Wildman–Crippen MR) is 124 cm³/mol. The highest BCUT2D eigenvalue weighted by Crippen LogP contribution is 2.57. The fourth-order valence-electron chi connectivity index (χ4n) is 4.81. The highest BCUT2D eigenvalue weighted by atomic mass is 79.9. The largest absolute Gasteiger partial charge is 0.441 e. The number of ether oxygens (including phenoxy) is 1. The van der Waals surface area contributed by atoms with Gasteiger partial charge in [-0.15, -0.1) is 0 Å². The van der Waals surface area contributed by atoms with Gasteiger partial charge >= 0.3 is 5.97 Å². The Morgan fingerprint density at radius 3 is 1.77 bits per heavy atom. The van der Waals surface area contributed by atoms with Crippen LogP contribution in [0.15, 0.2) is 93.9 Å². The highest BCUT2D eigenvalue weighted by molar-refractivity contribution is 9.10. The Bertz CT molecular complexity index is 1330. The van der Waals surface area contributed by atoms with Crippen molar-refractivity contribution in [1.29, 1.82) is 0 Å². The highest BCUT2D eigenvalue weighted by Gasteiger charge is 2.51. The molecular weight excluding hydrogens is 504 g/mol. The molecule has 4 aromatic carbocycles. The van der Waals surface area contributed by atoms with Crippen molar-refractivity contribution in [2.45, 2.75) is 5.60 Å². The normalized spacial score (nSPS) is 14.9. The van der Waals surface area contributed by atoms with E-state index in [1.54, 1.807) is 0 Å². The van der Waals surface area contributed by atoms with Gasteiger partial charge in [0.15, 0.2) is 5.60 Å². The molecular formula is C26H14Br2O2. The van der Waals surface area contributed by atoms with Crippen molar-refractivity contribution in [3.05, 3.63) is 116 Å². The molecule has 0 amide bonds. The van der Waals surface area contributed by atoms with Crippen molar-refractivity contribution in [3.63, 3.8) is 0 Å². The van der Waals surface area contributed by atoms with Crippen molar-refractivity contribution >= 4 is 37.8 Å². The van der Waals surface area contributed by atoms with Gasteiger partial charge in [-0.25, -0.2) is 4.79 Å². The summed E-state index contributed by atoms with van der Waals surface area (Å²) in [5.74, 6) is -0.329. The summed E-state index contributed by atoms with van der Waals surface area (Å²) in [5, 5.41) is 0. The number of carbonyl (C=O) groups is 1. The van der Waals surface area contributed by atoms with Gasteiger partial charge in [-0.05, 0) is 46.5 Å². The SMILES string of the molecule is O=C1OC2(c3cc(Br)ccc3-c3ccc(Br)cc31)c1ccccc1-c1ccccc12. The zero-order valence-corrected chi connectivity index (χ0v) is 18.8. The number of halogens is 2. The Balaban J connectivity index is 1.80. The summed E-state index contributed by atoms with van der Waals surface area (Å²) in [7, 11) is 0. The standard InChI is InChI=1S/C26H14Br2O2/c27-15-9-11-17-20-12-10-16(28)14-24(20)26(30-25(29)21(17)13-15)22-7-3-1-5-18(22)19-6-2-4-8-23(19)26/h1-14H. The minimum absolute atomic E-state index is 0.329. The number of carbonyl (C=O) groups excluding carboxylic acids is 1. The van der Waals surface area contributed by atoms with E-state index >= 15 is 0 Å². The molecule has 2 nitrogen and oxygen atoms in total. The Kier molecular flexibility index (Phi) is 3.86. The Labute approximate surface area is 190 Å². The fraction of sp³-hybridized carbons (Fsp3) is 0.0385. The summed E-state index contributed by atoms with van der Waals surface area (Å²) in [6.45, 7) is 0. The smallest absolute Gasteiger partial charge is 0.340 e. The van der Waals surface area contributed by atoms with Gasteiger partial charge in [0.25, 0.3) is 0 Å². The van der Waals surface area contributed by atoms with Crippen molar-refractivity contribution in [2.75, 3.05) is 0 Å². The second-order valence-electron chi connectivity index (χ2n) is 7.54. The van der Waals surface area contributed by atoms with E-state index in [1.165, 1.54) is 0 Å². The van der Waals surface area contributed by atoms with E-state index < -0.39 is 5.60 Å². The Morgan fingerprint density at radius 1 is 0.567 bits per heavy atom. The van der Waals surface area contributed by atoms with E-state index in [4.69, 9.17) is 4.74 Å². The number of fused-ring (bicyclic) bond motifs is 9. The van der Waals surface area contributed by atoms with Crippen molar-refractivity contribution in [1.82, 2.24) is 0 Å². The van der Waals surface area contributed by atoms with E-state index in [0.29, 0.717) is 5.56 Å². The van der Waals surface area contributed by atoms with Gasteiger partial charge in [-0.2, -0.15) is 0 Å². The van der Waals surface area contributed by atoms with E-state index in [9.17, 15) is 4.79 Å². The van der Waals surface area contributed by atoms with E-state index in [1.807, 2.05) is 48.5 Å². The van der Waals surface area contributed by atoms with Crippen LogP contribution in [0.2, 0.25) is 0 Å². The van der Waals surface area contributed by atoms with Crippen LogP contribution in [-0.4, -0.2) is 5.97 Å². The van der Waals surface area contributed by atoms with E-state index in [2.05, 4.69) is 68.3 Å². The predicted octanol–water partition coefficient (Wildman–Crippen LogP) is 7.32. The minimum Gasteiger partial charge on any atom is -0.441 e. The average Bonchev–Trinajstić information content (AvgIpc) is 2.99. The molecule has 0 bridgehead atoms. The maximum absolute atomic E-state index is 13.5. The van der Waals surface area contributed by atoms with Crippen LogP contribution in [0.4, 0.5) is 0 Å². The first kappa shape index (κ1) is 18.1. The third-order valence-corrected chi connectivity index (χ3v) is 6.99. The summed E-state index contributed by atoms with van der Waals surface area (Å²) in [6.07, 6.45) is 0. The van der Waals surface area contributed by atoms with Gasteiger partial charge in [0, 0.05) is 25.6 Å². The fourth-order valence-corrected chi connectivity index (χ4v) is 5.53. The maximum atomic E-state index is 13.5. The first-order chi connectivity index (χ1) is 14.6. The quantitative estimate of drug-likeness (QED) is 0.228. The molecule has 2 aliphatic rings. The minimum atomic E-state index is -1.01. The summed E-state index contributed by atoms with van der Waals surface area (Å²) in [4.78, 5) is 13.5. The summed E-state index contributed by atoms with van der Waals surface area (Å²) in [5.41, 5.74) is 6.57. The first-order valence-corrected chi connectivity index (χ1v) is 11.2. The Morgan fingerprint density at radius 2 is 1.10 bits per heavy atom. The van der Waals surface area contributed by atoms with Gasteiger partial charge in [-0.3, -0.25) is 0 Å². The van der Waals surface area contributed by atoms with Crippen LogP contribution in [0, 0.1) is 0 Å². The van der Waals surface area contributed by atoms with Crippen LogP contribution in [0.1, 0.15) is 27.0 Å². The van der Waals surface area contributed by atoms with Gasteiger partial charge < -0.3 is 4.74 Å². The molecule has 0 radical (unpaired) electrons. The topological polar surface area (TPSA) is 26.3 Å². The van der Waals surface area contributed by atoms with E-state index in [-0.39, 0.29) is 5.97 Å². The lowest BCUT2D eigenvalue weighted by Gasteiger charge is -2.32. The number of hydrogen-bond donors (Lipinski definition) is 0. The first-order valence-electron chi connectivity index (χ1n) is 9.62. The molecule has 0 atom stereocenters. The number of benzene rings is 4. The Hall–Kier alpha value is -2.69. The van der Waals surface area contributed by atoms with Crippen LogP contribution >= 0.6 is 31.9 Å². The zero-order chi connectivity index (χ0) is 20.5.